The zero-order valence-corrected chi connectivity index (χ0v) is 13.8. The van der Waals surface area contributed by atoms with E-state index in [-0.39, 0.29) is 23.9 Å². The van der Waals surface area contributed by atoms with Gasteiger partial charge < -0.3 is 10.1 Å². The van der Waals surface area contributed by atoms with Crippen molar-refractivity contribution in [2.75, 3.05) is 17.7 Å². The third-order valence-corrected chi connectivity index (χ3v) is 4.83. The molecule has 4 nitrogen and oxygen atoms in total. The van der Waals surface area contributed by atoms with Gasteiger partial charge >= 0.3 is 0 Å². The molecule has 0 unspecified atom stereocenters. The van der Waals surface area contributed by atoms with Gasteiger partial charge in [-0.1, -0.05) is 12.1 Å². The summed E-state index contributed by atoms with van der Waals surface area (Å²) in [5, 5.41) is 1.60. The molecule has 0 spiro atoms. The SMILES string of the molecule is C[C@H](C(=O)Nc1ccccc1F)[S@](=O)CCOc1ccc(F)cc1. The average Bonchev–Trinajstić information content (AvgIpc) is 2.58. The number of ether oxygens (including phenoxy) is 1. The van der Waals surface area contributed by atoms with Gasteiger partial charge in [-0.05, 0) is 43.3 Å². The molecule has 0 heterocycles. The molecule has 128 valence electrons. The lowest BCUT2D eigenvalue weighted by atomic mass is 10.3. The molecule has 1 amide bonds. The van der Waals surface area contributed by atoms with Crippen LogP contribution >= 0.6 is 0 Å². The van der Waals surface area contributed by atoms with Crippen molar-refractivity contribution in [2.45, 2.75) is 12.2 Å². The number of halogens is 2. The van der Waals surface area contributed by atoms with Gasteiger partial charge in [-0.25, -0.2) is 8.78 Å². The summed E-state index contributed by atoms with van der Waals surface area (Å²) in [4.78, 5) is 12.0. The average molecular weight is 353 g/mol. The fraction of sp³-hybridized carbons (Fsp3) is 0.235. The molecule has 24 heavy (non-hydrogen) atoms. The van der Waals surface area contributed by atoms with Crippen molar-refractivity contribution in [3.63, 3.8) is 0 Å². The Hall–Kier alpha value is -2.28. The smallest absolute Gasteiger partial charge is 0.239 e. The van der Waals surface area contributed by atoms with Gasteiger partial charge in [-0.3, -0.25) is 9.00 Å². The molecule has 0 bridgehead atoms. The predicted molar refractivity (Wildman–Crippen MR) is 89.4 cm³/mol. The minimum atomic E-state index is -1.49. The highest BCUT2D eigenvalue weighted by molar-refractivity contribution is 7.86. The molecule has 2 aromatic rings. The van der Waals surface area contributed by atoms with E-state index < -0.39 is 27.8 Å². The van der Waals surface area contributed by atoms with E-state index in [2.05, 4.69) is 5.32 Å². The van der Waals surface area contributed by atoms with Crippen molar-refractivity contribution in [1.29, 1.82) is 0 Å². The first-order valence-electron chi connectivity index (χ1n) is 7.28. The monoisotopic (exact) mass is 353 g/mol. The van der Waals surface area contributed by atoms with Crippen LogP contribution in [-0.2, 0) is 15.6 Å². The lowest BCUT2D eigenvalue weighted by Crippen LogP contribution is -2.31. The van der Waals surface area contributed by atoms with Crippen molar-refractivity contribution in [2.24, 2.45) is 0 Å². The molecule has 0 fully saturated rings. The van der Waals surface area contributed by atoms with Crippen LogP contribution in [0.5, 0.6) is 5.75 Å². The quantitative estimate of drug-likeness (QED) is 0.832. The fourth-order valence-electron chi connectivity index (χ4n) is 1.87. The number of para-hydroxylation sites is 1. The van der Waals surface area contributed by atoms with E-state index in [4.69, 9.17) is 4.74 Å². The van der Waals surface area contributed by atoms with Gasteiger partial charge in [0, 0.05) is 10.8 Å². The van der Waals surface area contributed by atoms with Crippen molar-refractivity contribution in [1.82, 2.24) is 0 Å². The zero-order valence-electron chi connectivity index (χ0n) is 13.0. The number of hydrogen-bond donors (Lipinski definition) is 1. The molecule has 7 heteroatoms. The largest absolute Gasteiger partial charge is 0.493 e. The molecule has 0 aliphatic carbocycles. The van der Waals surface area contributed by atoms with Crippen LogP contribution in [0.15, 0.2) is 48.5 Å². The second kappa shape index (κ2) is 8.54. The highest BCUT2D eigenvalue weighted by Crippen LogP contribution is 2.14. The van der Waals surface area contributed by atoms with E-state index in [9.17, 15) is 17.8 Å². The van der Waals surface area contributed by atoms with Crippen molar-refractivity contribution >= 4 is 22.4 Å². The summed E-state index contributed by atoms with van der Waals surface area (Å²) in [7, 11) is -1.49. The van der Waals surface area contributed by atoms with Crippen LogP contribution in [-0.4, -0.2) is 27.7 Å². The summed E-state index contributed by atoms with van der Waals surface area (Å²) in [6.07, 6.45) is 0. The Morgan fingerprint density at radius 2 is 1.83 bits per heavy atom. The highest BCUT2D eigenvalue weighted by atomic mass is 32.2. The Labute approximate surface area is 141 Å². The molecular formula is C17H17F2NO3S. The number of nitrogens with one attached hydrogen (secondary N) is 1. The minimum absolute atomic E-state index is 0.0499. The van der Waals surface area contributed by atoms with E-state index >= 15 is 0 Å². The van der Waals surface area contributed by atoms with E-state index in [1.165, 1.54) is 49.4 Å². The van der Waals surface area contributed by atoms with Crippen molar-refractivity contribution in [3.8, 4) is 5.75 Å². The van der Waals surface area contributed by atoms with Gasteiger partial charge in [0.2, 0.25) is 5.91 Å². The maximum absolute atomic E-state index is 13.5. The third kappa shape index (κ3) is 5.13. The number of hydrogen-bond acceptors (Lipinski definition) is 3. The Kier molecular flexibility index (Phi) is 6.43. The van der Waals surface area contributed by atoms with Crippen molar-refractivity contribution < 1.29 is 22.5 Å². The second-order valence-corrected chi connectivity index (χ2v) is 6.88. The molecule has 2 rings (SSSR count). The van der Waals surface area contributed by atoms with E-state index in [1.807, 2.05) is 0 Å². The lowest BCUT2D eigenvalue weighted by molar-refractivity contribution is -0.115. The number of rotatable bonds is 7. The first-order chi connectivity index (χ1) is 11.5. The molecule has 0 aromatic heterocycles. The molecule has 0 saturated carbocycles. The zero-order chi connectivity index (χ0) is 17.5. The first-order valence-corrected chi connectivity index (χ1v) is 8.66. The molecule has 0 saturated heterocycles. The van der Waals surface area contributed by atoms with Gasteiger partial charge in [0.1, 0.15) is 22.6 Å². The number of carbonyl (C=O) groups excluding carboxylic acids is 1. The van der Waals surface area contributed by atoms with E-state index in [0.717, 1.165) is 0 Å². The van der Waals surface area contributed by atoms with Crippen molar-refractivity contribution in [3.05, 3.63) is 60.2 Å². The van der Waals surface area contributed by atoms with Gasteiger partial charge in [-0.15, -0.1) is 0 Å². The Bertz CT molecular complexity index is 722. The maximum Gasteiger partial charge on any atom is 0.239 e. The summed E-state index contributed by atoms with van der Waals surface area (Å²) in [6.45, 7) is 1.62. The van der Waals surface area contributed by atoms with Gasteiger partial charge in [0.15, 0.2) is 0 Å². The summed E-state index contributed by atoms with van der Waals surface area (Å²) in [5.74, 6) is -0.867. The molecule has 2 atom stereocenters. The van der Waals surface area contributed by atoms with E-state index in [1.54, 1.807) is 6.07 Å². The normalized spacial score (nSPS) is 13.1. The van der Waals surface area contributed by atoms with Crippen LogP contribution in [0, 0.1) is 11.6 Å². The number of carbonyl (C=O) groups is 1. The summed E-state index contributed by atoms with van der Waals surface area (Å²) < 4.78 is 43.7. The number of anilines is 1. The standard InChI is InChI=1S/C17H17F2NO3S/c1-12(17(21)20-16-5-3-2-4-15(16)19)24(22)11-10-23-14-8-6-13(18)7-9-14/h2-9,12H,10-11H2,1H3,(H,20,21)/t12-,24-/m1/s1. The summed E-state index contributed by atoms with van der Waals surface area (Å²) >= 11 is 0. The second-order valence-electron chi connectivity index (χ2n) is 5.00. The Morgan fingerprint density at radius 1 is 1.17 bits per heavy atom. The van der Waals surface area contributed by atoms with Crippen LogP contribution in [0.3, 0.4) is 0 Å². The van der Waals surface area contributed by atoms with Crippen LogP contribution in [0.2, 0.25) is 0 Å². The maximum atomic E-state index is 13.5. The molecule has 0 radical (unpaired) electrons. The predicted octanol–water partition coefficient (Wildman–Crippen LogP) is 3.12. The van der Waals surface area contributed by atoms with Crippen LogP contribution in [0.4, 0.5) is 14.5 Å². The molecular weight excluding hydrogens is 336 g/mol. The topological polar surface area (TPSA) is 55.4 Å². The molecule has 0 aliphatic rings. The van der Waals surface area contributed by atoms with Gasteiger partial charge in [-0.2, -0.15) is 0 Å². The Balaban J connectivity index is 1.82. The summed E-state index contributed by atoms with van der Waals surface area (Å²) in [5.41, 5.74) is 0.0499. The first kappa shape index (κ1) is 18.1. The number of benzene rings is 2. The molecule has 0 aliphatic heterocycles. The Morgan fingerprint density at radius 3 is 2.50 bits per heavy atom. The van der Waals surface area contributed by atoms with E-state index in [0.29, 0.717) is 5.75 Å². The van der Waals surface area contributed by atoms with Gasteiger partial charge in [0.25, 0.3) is 0 Å². The molecule has 2 aromatic carbocycles. The fourth-order valence-corrected chi connectivity index (χ4v) is 2.76. The summed E-state index contributed by atoms with van der Waals surface area (Å²) in [6, 6.07) is 11.2. The third-order valence-electron chi connectivity index (χ3n) is 3.26. The number of amides is 1. The van der Waals surface area contributed by atoms with Crippen LogP contribution < -0.4 is 10.1 Å². The lowest BCUT2D eigenvalue weighted by Gasteiger charge is -2.13. The van der Waals surface area contributed by atoms with Crippen LogP contribution in [0.1, 0.15) is 6.92 Å². The highest BCUT2D eigenvalue weighted by Gasteiger charge is 2.20. The van der Waals surface area contributed by atoms with Crippen LogP contribution in [0.25, 0.3) is 0 Å². The van der Waals surface area contributed by atoms with Gasteiger partial charge in [0.05, 0.1) is 18.0 Å². The minimum Gasteiger partial charge on any atom is -0.493 e. The molecule has 1 N–H and O–H groups in total.